The van der Waals surface area contributed by atoms with E-state index in [-0.39, 0.29) is 41.8 Å². The van der Waals surface area contributed by atoms with Crippen LogP contribution < -0.4 is 16.0 Å². The minimum absolute atomic E-state index is 0. The normalized spacial score (nSPS) is 27.5. The first kappa shape index (κ1) is 21.4. The summed E-state index contributed by atoms with van der Waals surface area (Å²) in [7, 11) is 1.61. The molecule has 2 rings (SSSR count). The number of hydrogen-bond donors (Lipinski definition) is 3. The maximum atomic E-state index is 11.8. The van der Waals surface area contributed by atoms with Crippen LogP contribution in [0.1, 0.15) is 27.2 Å². The highest BCUT2D eigenvalue weighted by Crippen LogP contribution is 2.51. The van der Waals surface area contributed by atoms with Crippen molar-refractivity contribution < 1.29 is 14.3 Å². The van der Waals surface area contributed by atoms with Gasteiger partial charge in [0.2, 0.25) is 5.91 Å². The van der Waals surface area contributed by atoms with Crippen LogP contribution in [0, 0.1) is 11.3 Å². The standard InChI is InChI=1S/C16H30N4O3.HI/c1-5-17-15(19-10-12(21)18-7-9-22-4)20-13-11-6-8-23-14(11)16(13,2)3;/h11,13-14H,5-10H2,1-4H3,(H,18,21)(H2,17,19,20);1H. The summed E-state index contributed by atoms with van der Waals surface area (Å²) < 4.78 is 10.7. The van der Waals surface area contributed by atoms with Gasteiger partial charge >= 0.3 is 0 Å². The zero-order chi connectivity index (χ0) is 16.9. The summed E-state index contributed by atoms with van der Waals surface area (Å²) in [6, 6.07) is 0.323. The molecule has 8 heteroatoms. The molecule has 0 aromatic rings. The fourth-order valence-corrected chi connectivity index (χ4v) is 3.58. The molecule has 1 heterocycles. The average molecular weight is 454 g/mol. The van der Waals surface area contributed by atoms with Gasteiger partial charge in [0.15, 0.2) is 5.96 Å². The Kier molecular flexibility index (Phi) is 8.72. The zero-order valence-electron chi connectivity index (χ0n) is 15.1. The van der Waals surface area contributed by atoms with Crippen LogP contribution in [0.2, 0.25) is 0 Å². The van der Waals surface area contributed by atoms with Gasteiger partial charge < -0.3 is 25.4 Å². The number of carbonyl (C=O) groups excluding carboxylic acids is 1. The fourth-order valence-electron chi connectivity index (χ4n) is 3.58. The SMILES string of the molecule is CCNC(=NCC(=O)NCCOC)NC1C2CCOC2C1(C)C.I. The van der Waals surface area contributed by atoms with Crippen molar-refractivity contribution in [3.05, 3.63) is 0 Å². The van der Waals surface area contributed by atoms with Gasteiger partial charge in [0.25, 0.3) is 0 Å². The summed E-state index contributed by atoms with van der Waals surface area (Å²) in [5.74, 6) is 1.12. The zero-order valence-corrected chi connectivity index (χ0v) is 17.4. The molecule has 0 aromatic heterocycles. The molecular weight excluding hydrogens is 423 g/mol. The van der Waals surface area contributed by atoms with Gasteiger partial charge in [-0.3, -0.25) is 4.79 Å². The van der Waals surface area contributed by atoms with E-state index in [2.05, 4.69) is 34.8 Å². The summed E-state index contributed by atoms with van der Waals surface area (Å²) in [5, 5.41) is 9.48. The third-order valence-corrected chi connectivity index (χ3v) is 4.75. The van der Waals surface area contributed by atoms with Crippen LogP contribution in [0.4, 0.5) is 0 Å². The minimum Gasteiger partial charge on any atom is -0.383 e. The predicted molar refractivity (Wildman–Crippen MR) is 105 cm³/mol. The molecule has 24 heavy (non-hydrogen) atoms. The van der Waals surface area contributed by atoms with Crippen LogP contribution in [0.15, 0.2) is 4.99 Å². The minimum atomic E-state index is -0.103. The van der Waals surface area contributed by atoms with E-state index in [1.54, 1.807) is 7.11 Å². The van der Waals surface area contributed by atoms with E-state index >= 15 is 0 Å². The maximum absolute atomic E-state index is 11.8. The lowest BCUT2D eigenvalue weighted by molar-refractivity contribution is -0.119. The summed E-state index contributed by atoms with van der Waals surface area (Å²) in [6.07, 6.45) is 1.42. The smallest absolute Gasteiger partial charge is 0.241 e. The molecule has 1 amide bonds. The number of ether oxygens (including phenoxy) is 2. The van der Waals surface area contributed by atoms with Crippen molar-refractivity contribution >= 4 is 35.8 Å². The third-order valence-electron chi connectivity index (χ3n) is 4.75. The van der Waals surface area contributed by atoms with Crippen LogP contribution in [0.25, 0.3) is 0 Å². The first-order chi connectivity index (χ1) is 11.0. The Balaban J connectivity index is 0.00000288. The number of methoxy groups -OCH3 is 1. The summed E-state index contributed by atoms with van der Waals surface area (Å²) in [4.78, 5) is 16.2. The second kappa shape index (κ2) is 9.76. The summed E-state index contributed by atoms with van der Waals surface area (Å²) >= 11 is 0. The first-order valence-corrected chi connectivity index (χ1v) is 8.42. The predicted octanol–water partition coefficient (Wildman–Crippen LogP) is 0.736. The van der Waals surface area contributed by atoms with Crippen molar-refractivity contribution in [2.45, 2.75) is 39.3 Å². The van der Waals surface area contributed by atoms with Crippen LogP contribution in [-0.4, -0.2) is 64.0 Å². The molecule has 3 atom stereocenters. The van der Waals surface area contributed by atoms with Gasteiger partial charge in [0, 0.05) is 44.2 Å². The molecule has 1 aliphatic heterocycles. The fraction of sp³-hybridized carbons (Fsp3) is 0.875. The van der Waals surface area contributed by atoms with Gasteiger partial charge in [0.05, 0.1) is 12.7 Å². The Morgan fingerprint density at radius 1 is 1.38 bits per heavy atom. The Morgan fingerprint density at radius 2 is 2.12 bits per heavy atom. The van der Waals surface area contributed by atoms with Crippen molar-refractivity contribution in [1.82, 2.24) is 16.0 Å². The lowest BCUT2D eigenvalue weighted by atomic mass is 9.57. The molecule has 2 aliphatic rings. The molecule has 7 nitrogen and oxygen atoms in total. The number of fused-ring (bicyclic) bond motifs is 1. The number of halogens is 1. The highest BCUT2D eigenvalue weighted by Gasteiger charge is 2.59. The number of nitrogens with zero attached hydrogens (tertiary/aromatic N) is 1. The number of aliphatic imine (C=N–C) groups is 1. The van der Waals surface area contributed by atoms with Gasteiger partial charge in [0.1, 0.15) is 6.54 Å². The van der Waals surface area contributed by atoms with Crippen LogP contribution in [-0.2, 0) is 14.3 Å². The molecule has 0 aromatic carbocycles. The molecule has 1 saturated carbocycles. The first-order valence-electron chi connectivity index (χ1n) is 8.42. The van der Waals surface area contributed by atoms with Gasteiger partial charge in [-0.15, -0.1) is 24.0 Å². The van der Waals surface area contributed by atoms with Crippen molar-refractivity contribution in [3.63, 3.8) is 0 Å². The maximum Gasteiger partial charge on any atom is 0.241 e. The quantitative estimate of drug-likeness (QED) is 0.229. The Morgan fingerprint density at radius 3 is 2.79 bits per heavy atom. The van der Waals surface area contributed by atoms with Crippen molar-refractivity contribution in [1.29, 1.82) is 0 Å². The van der Waals surface area contributed by atoms with E-state index in [0.29, 0.717) is 37.2 Å². The van der Waals surface area contributed by atoms with E-state index < -0.39 is 0 Å². The Bertz CT molecular complexity index is 445. The van der Waals surface area contributed by atoms with Crippen molar-refractivity contribution in [2.75, 3.05) is 40.0 Å². The number of hydrogen-bond acceptors (Lipinski definition) is 4. The number of amides is 1. The highest BCUT2D eigenvalue weighted by atomic mass is 127. The number of rotatable bonds is 7. The van der Waals surface area contributed by atoms with Gasteiger partial charge in [-0.05, 0) is 13.3 Å². The molecule has 1 aliphatic carbocycles. The van der Waals surface area contributed by atoms with Gasteiger partial charge in [-0.1, -0.05) is 13.8 Å². The topological polar surface area (TPSA) is 84.0 Å². The second-order valence-corrected chi connectivity index (χ2v) is 6.73. The highest BCUT2D eigenvalue weighted by molar-refractivity contribution is 14.0. The molecule has 0 radical (unpaired) electrons. The van der Waals surface area contributed by atoms with Crippen LogP contribution in [0.5, 0.6) is 0 Å². The molecule has 0 bridgehead atoms. The van der Waals surface area contributed by atoms with E-state index in [1.807, 2.05) is 6.92 Å². The largest absolute Gasteiger partial charge is 0.383 e. The molecule has 2 fully saturated rings. The Hall–Kier alpha value is -0.610. The lowest BCUT2D eigenvalue weighted by Gasteiger charge is -2.54. The van der Waals surface area contributed by atoms with E-state index in [1.165, 1.54) is 0 Å². The molecule has 140 valence electrons. The number of guanidine groups is 1. The average Bonchev–Trinajstić information content (AvgIpc) is 2.97. The second-order valence-electron chi connectivity index (χ2n) is 6.73. The molecule has 1 saturated heterocycles. The number of nitrogens with one attached hydrogen (secondary N) is 3. The van der Waals surface area contributed by atoms with Crippen molar-refractivity contribution in [2.24, 2.45) is 16.3 Å². The Labute approximate surface area is 161 Å². The van der Waals surface area contributed by atoms with Crippen LogP contribution in [0.3, 0.4) is 0 Å². The molecule has 3 N–H and O–H groups in total. The summed E-state index contributed by atoms with van der Waals surface area (Å²) in [6.45, 7) is 9.18. The van der Waals surface area contributed by atoms with Crippen LogP contribution >= 0.6 is 24.0 Å². The van der Waals surface area contributed by atoms with Gasteiger partial charge in [-0.25, -0.2) is 4.99 Å². The monoisotopic (exact) mass is 454 g/mol. The molecule has 0 spiro atoms. The van der Waals surface area contributed by atoms with E-state index in [9.17, 15) is 4.79 Å². The summed E-state index contributed by atoms with van der Waals surface area (Å²) in [5.41, 5.74) is 0.0814. The van der Waals surface area contributed by atoms with E-state index in [4.69, 9.17) is 9.47 Å². The van der Waals surface area contributed by atoms with E-state index in [0.717, 1.165) is 19.6 Å². The lowest BCUT2D eigenvalue weighted by Crippen LogP contribution is -2.68. The molecule has 3 unspecified atom stereocenters. The molecular formula is C16H31IN4O3. The van der Waals surface area contributed by atoms with Crippen molar-refractivity contribution in [3.8, 4) is 0 Å². The van der Waals surface area contributed by atoms with Gasteiger partial charge in [-0.2, -0.15) is 0 Å². The third kappa shape index (κ3) is 4.95. The number of carbonyl (C=O) groups is 1.